The molecule has 0 saturated carbocycles. The smallest absolute Gasteiger partial charge is 0.338 e. The molecule has 0 radical (unpaired) electrons. The van der Waals surface area contributed by atoms with Crippen LogP contribution in [0.2, 0.25) is 0 Å². The minimum atomic E-state index is -1.33. The van der Waals surface area contributed by atoms with Gasteiger partial charge in [0.05, 0.1) is 22.8 Å². The maximum atomic E-state index is 13.5. The maximum absolute atomic E-state index is 13.5. The Labute approximate surface area is 99.5 Å². The molecule has 90 valence electrons. The van der Waals surface area contributed by atoms with Crippen molar-refractivity contribution >= 4 is 28.3 Å². The quantitative estimate of drug-likeness (QED) is 0.675. The highest BCUT2D eigenvalue weighted by molar-refractivity contribution is 6.00. The molecule has 18 heavy (non-hydrogen) atoms. The van der Waals surface area contributed by atoms with Gasteiger partial charge in [-0.25, -0.2) is 19.2 Å². The summed E-state index contributed by atoms with van der Waals surface area (Å²) in [5, 5.41) is 9.38. The van der Waals surface area contributed by atoms with Gasteiger partial charge in [-0.15, -0.1) is 0 Å². The van der Waals surface area contributed by atoms with Crippen LogP contribution in [0.4, 0.5) is 10.3 Å². The number of benzene rings is 1. The van der Waals surface area contributed by atoms with Gasteiger partial charge in [-0.3, -0.25) is 4.40 Å². The molecule has 0 saturated heterocycles. The van der Waals surface area contributed by atoms with Crippen molar-refractivity contribution < 1.29 is 14.3 Å². The lowest BCUT2D eigenvalue weighted by Gasteiger charge is -2.05. The van der Waals surface area contributed by atoms with E-state index in [0.29, 0.717) is 16.4 Å². The van der Waals surface area contributed by atoms with Crippen LogP contribution in [0.5, 0.6) is 0 Å². The largest absolute Gasteiger partial charge is 0.478 e. The predicted octanol–water partition coefficient (Wildman–Crippen LogP) is 1.30. The van der Waals surface area contributed by atoms with Crippen molar-refractivity contribution in [2.75, 3.05) is 5.73 Å². The van der Waals surface area contributed by atoms with Gasteiger partial charge in [-0.05, 0) is 6.07 Å². The van der Waals surface area contributed by atoms with E-state index < -0.39 is 17.3 Å². The first-order valence-corrected chi connectivity index (χ1v) is 5.02. The summed E-state index contributed by atoms with van der Waals surface area (Å²) in [5.41, 5.74) is 6.16. The molecule has 0 amide bonds. The normalized spacial score (nSPS) is 11.2. The summed E-state index contributed by atoms with van der Waals surface area (Å²) >= 11 is 0. The molecule has 0 aliphatic rings. The highest BCUT2D eigenvalue weighted by Gasteiger charge is 2.15. The molecule has 1 aromatic carbocycles. The van der Waals surface area contributed by atoms with E-state index in [0.717, 1.165) is 6.07 Å². The third-order valence-corrected chi connectivity index (χ3v) is 2.71. The molecule has 0 aliphatic heterocycles. The summed E-state index contributed by atoms with van der Waals surface area (Å²) in [6.07, 6.45) is 2.98. The number of halogens is 1. The van der Waals surface area contributed by atoms with E-state index in [2.05, 4.69) is 9.97 Å². The Kier molecular flexibility index (Phi) is 1.97. The fourth-order valence-corrected chi connectivity index (χ4v) is 1.88. The minimum absolute atomic E-state index is 0.164. The Hall–Kier alpha value is -2.70. The van der Waals surface area contributed by atoms with E-state index >= 15 is 0 Å². The lowest BCUT2D eigenvalue weighted by atomic mass is 10.1. The molecule has 0 fully saturated rings. The monoisotopic (exact) mass is 246 g/mol. The fourth-order valence-electron chi connectivity index (χ4n) is 1.88. The summed E-state index contributed by atoms with van der Waals surface area (Å²) in [7, 11) is 0. The van der Waals surface area contributed by atoms with Crippen LogP contribution in [0.1, 0.15) is 10.4 Å². The van der Waals surface area contributed by atoms with Crippen molar-refractivity contribution in [2.45, 2.75) is 0 Å². The maximum Gasteiger partial charge on any atom is 0.338 e. The highest BCUT2D eigenvalue weighted by atomic mass is 19.1. The van der Waals surface area contributed by atoms with Gasteiger partial charge in [0.2, 0.25) is 5.95 Å². The zero-order chi connectivity index (χ0) is 12.9. The average molecular weight is 246 g/mol. The van der Waals surface area contributed by atoms with Gasteiger partial charge >= 0.3 is 5.97 Å². The number of carboxylic acid groups (broad SMARTS) is 1. The second kappa shape index (κ2) is 3.39. The van der Waals surface area contributed by atoms with E-state index in [9.17, 15) is 9.18 Å². The molecule has 7 heteroatoms. The van der Waals surface area contributed by atoms with Crippen LogP contribution < -0.4 is 5.73 Å². The number of aromatic carboxylic acids is 1. The summed E-state index contributed by atoms with van der Waals surface area (Å²) < 4.78 is 15.0. The van der Waals surface area contributed by atoms with Crippen molar-refractivity contribution in [2.24, 2.45) is 0 Å². The molecule has 0 atom stereocenters. The molecule has 3 rings (SSSR count). The SMILES string of the molecule is Nc1nc2cc(F)c(C(=O)O)cc2c2cncn12. The number of rotatable bonds is 1. The van der Waals surface area contributed by atoms with Gasteiger partial charge < -0.3 is 10.8 Å². The zero-order valence-electron chi connectivity index (χ0n) is 8.96. The van der Waals surface area contributed by atoms with Gasteiger partial charge in [0, 0.05) is 11.5 Å². The van der Waals surface area contributed by atoms with E-state index in [1.54, 1.807) is 0 Å². The van der Waals surface area contributed by atoms with Crippen molar-refractivity contribution in [3.05, 3.63) is 36.0 Å². The highest BCUT2D eigenvalue weighted by Crippen LogP contribution is 2.23. The number of nitrogens with two attached hydrogens (primary N) is 1. The van der Waals surface area contributed by atoms with Gasteiger partial charge in [-0.2, -0.15) is 0 Å². The number of hydrogen-bond acceptors (Lipinski definition) is 4. The standard InChI is InChI=1S/C11H7FN4O2/c12-7-2-8-6(1-5(7)10(17)18)9-3-14-4-16(9)11(13)15-8/h1-4H,(H2,13,15)(H,17,18). The number of hydrogen-bond donors (Lipinski definition) is 2. The molecule has 0 spiro atoms. The van der Waals surface area contributed by atoms with Crippen molar-refractivity contribution in [1.82, 2.24) is 14.4 Å². The first-order valence-electron chi connectivity index (χ1n) is 5.02. The van der Waals surface area contributed by atoms with Crippen LogP contribution in [-0.4, -0.2) is 25.4 Å². The third-order valence-electron chi connectivity index (χ3n) is 2.71. The Morgan fingerprint density at radius 3 is 2.94 bits per heavy atom. The Morgan fingerprint density at radius 2 is 2.22 bits per heavy atom. The molecular weight excluding hydrogens is 239 g/mol. The lowest BCUT2D eigenvalue weighted by Crippen LogP contribution is -2.04. The summed E-state index contributed by atoms with van der Waals surface area (Å²) in [6.45, 7) is 0. The molecule has 2 heterocycles. The van der Waals surface area contributed by atoms with Crippen LogP contribution in [-0.2, 0) is 0 Å². The van der Waals surface area contributed by atoms with Gasteiger partial charge in [0.25, 0.3) is 0 Å². The van der Waals surface area contributed by atoms with E-state index in [4.69, 9.17) is 10.8 Å². The number of aromatic nitrogens is 3. The Morgan fingerprint density at radius 1 is 1.44 bits per heavy atom. The average Bonchev–Trinajstić information content (AvgIpc) is 2.77. The third kappa shape index (κ3) is 1.30. The molecule has 3 aromatic rings. The topological polar surface area (TPSA) is 93.5 Å². The number of nitrogen functional groups attached to an aromatic ring is 1. The van der Waals surface area contributed by atoms with E-state index in [1.165, 1.54) is 23.0 Å². The first-order chi connectivity index (χ1) is 8.58. The summed E-state index contributed by atoms with van der Waals surface area (Å²) in [5.74, 6) is -2.01. The van der Waals surface area contributed by atoms with Crippen LogP contribution >= 0.6 is 0 Å². The first kappa shape index (κ1) is 10.5. The van der Waals surface area contributed by atoms with Gasteiger partial charge in [0.1, 0.15) is 12.1 Å². The molecule has 0 aliphatic carbocycles. The van der Waals surface area contributed by atoms with Crippen molar-refractivity contribution in [1.29, 1.82) is 0 Å². The molecule has 2 aromatic heterocycles. The number of fused-ring (bicyclic) bond motifs is 3. The van der Waals surface area contributed by atoms with Gasteiger partial charge in [0.15, 0.2) is 0 Å². The fraction of sp³-hybridized carbons (Fsp3) is 0. The second-order valence-corrected chi connectivity index (χ2v) is 3.77. The molecular formula is C11H7FN4O2. The Balaban J connectivity index is 2.52. The van der Waals surface area contributed by atoms with Crippen LogP contribution in [0.25, 0.3) is 16.4 Å². The van der Waals surface area contributed by atoms with Gasteiger partial charge in [-0.1, -0.05) is 0 Å². The predicted molar refractivity (Wildman–Crippen MR) is 61.8 cm³/mol. The van der Waals surface area contributed by atoms with Crippen LogP contribution in [0, 0.1) is 5.82 Å². The number of anilines is 1. The summed E-state index contributed by atoms with van der Waals surface area (Å²) in [4.78, 5) is 18.8. The molecule has 0 unspecified atom stereocenters. The molecule has 6 nitrogen and oxygen atoms in total. The van der Waals surface area contributed by atoms with Crippen LogP contribution in [0.15, 0.2) is 24.7 Å². The summed E-state index contributed by atoms with van der Waals surface area (Å²) in [6, 6.07) is 2.29. The number of carboxylic acids is 1. The van der Waals surface area contributed by atoms with E-state index in [-0.39, 0.29) is 5.95 Å². The van der Waals surface area contributed by atoms with Crippen LogP contribution in [0.3, 0.4) is 0 Å². The van der Waals surface area contributed by atoms with E-state index in [1.807, 2.05) is 0 Å². The second-order valence-electron chi connectivity index (χ2n) is 3.77. The number of imidazole rings is 1. The zero-order valence-corrected chi connectivity index (χ0v) is 8.96. The van der Waals surface area contributed by atoms with Crippen molar-refractivity contribution in [3.63, 3.8) is 0 Å². The lowest BCUT2D eigenvalue weighted by molar-refractivity contribution is 0.0692. The number of nitrogens with zero attached hydrogens (tertiary/aromatic N) is 3. The number of carbonyl (C=O) groups is 1. The molecule has 0 bridgehead atoms. The Bertz CT molecular complexity index is 796. The minimum Gasteiger partial charge on any atom is -0.478 e. The van der Waals surface area contributed by atoms with Crippen molar-refractivity contribution in [3.8, 4) is 0 Å². The molecule has 3 N–H and O–H groups in total.